The summed E-state index contributed by atoms with van der Waals surface area (Å²) >= 11 is 0. The molecule has 18 nitrogen and oxygen atoms in total. The number of carbonyl (C=O) groups excluding carboxylic acids is 5. The monoisotopic (exact) mass is 591 g/mol. The zero-order chi connectivity index (χ0) is 30.4. The molecule has 0 aromatic heterocycles. The Bertz CT molecular complexity index is 984. The van der Waals surface area contributed by atoms with E-state index in [1.807, 2.05) is 0 Å². The Morgan fingerprint density at radius 1 is 0.976 bits per heavy atom. The van der Waals surface area contributed by atoms with Crippen molar-refractivity contribution in [3.05, 3.63) is 0 Å². The Kier molecular flexibility index (Phi) is 11.3. The predicted molar refractivity (Wildman–Crippen MR) is 132 cm³/mol. The van der Waals surface area contributed by atoms with Gasteiger partial charge in [0.25, 0.3) is 0 Å². The number of primary amides is 1. The zero-order valence-corrected chi connectivity index (χ0v) is 22.0. The Hall–Kier alpha value is -2.97. The van der Waals surface area contributed by atoms with Gasteiger partial charge in [0, 0.05) is 25.9 Å². The molecule has 0 radical (unpaired) electrons. The van der Waals surface area contributed by atoms with Crippen molar-refractivity contribution in [2.75, 3.05) is 19.7 Å². The van der Waals surface area contributed by atoms with Gasteiger partial charge in [0.2, 0.25) is 23.6 Å². The molecule has 0 spiro atoms. The van der Waals surface area contributed by atoms with Crippen LogP contribution in [0.15, 0.2) is 0 Å². The van der Waals surface area contributed by atoms with Crippen LogP contribution in [0.2, 0.25) is 0 Å². The third kappa shape index (κ3) is 8.07. The highest BCUT2D eigenvalue weighted by atomic mass is 16.6. The summed E-state index contributed by atoms with van der Waals surface area (Å²) in [5, 5.41) is 67.2. The second-order valence-electron chi connectivity index (χ2n) is 10.1. The van der Waals surface area contributed by atoms with E-state index in [0.717, 1.165) is 4.90 Å². The van der Waals surface area contributed by atoms with Crippen molar-refractivity contribution in [2.24, 2.45) is 5.73 Å². The largest absolute Gasteiger partial charge is 0.394 e. The van der Waals surface area contributed by atoms with Gasteiger partial charge in [-0.2, -0.15) is 0 Å². The third-order valence-electron chi connectivity index (χ3n) is 7.15. The van der Waals surface area contributed by atoms with Crippen molar-refractivity contribution in [1.82, 2.24) is 20.9 Å². The lowest BCUT2D eigenvalue weighted by Gasteiger charge is -2.39. The van der Waals surface area contributed by atoms with Crippen LogP contribution in [-0.4, -0.2) is 146 Å². The van der Waals surface area contributed by atoms with Crippen LogP contribution in [0.4, 0.5) is 4.79 Å². The number of aliphatic hydroxyl groups is 6. The number of nitrogens with one attached hydrogen (secondary N) is 3. The summed E-state index contributed by atoms with van der Waals surface area (Å²) < 4.78 is 10.9. The van der Waals surface area contributed by atoms with Gasteiger partial charge in [0.1, 0.15) is 48.8 Å². The van der Waals surface area contributed by atoms with E-state index in [1.165, 1.54) is 0 Å². The number of hydrogen-bond acceptors (Lipinski definition) is 13. The van der Waals surface area contributed by atoms with Gasteiger partial charge in [-0.3, -0.25) is 29.4 Å². The number of amides is 6. The molecule has 0 aromatic carbocycles. The molecular formula is C23H37N5O13. The average Bonchev–Trinajstić information content (AvgIpc) is 3.19. The zero-order valence-electron chi connectivity index (χ0n) is 22.0. The molecule has 0 aromatic rings. The molecule has 3 rings (SSSR count). The van der Waals surface area contributed by atoms with Gasteiger partial charge < -0.3 is 56.5 Å². The second-order valence-corrected chi connectivity index (χ2v) is 10.1. The van der Waals surface area contributed by atoms with Crippen LogP contribution >= 0.6 is 0 Å². The fourth-order valence-corrected chi connectivity index (χ4v) is 4.83. The van der Waals surface area contributed by atoms with E-state index in [2.05, 4.69) is 16.0 Å². The van der Waals surface area contributed by atoms with E-state index in [9.17, 15) is 54.6 Å². The summed E-state index contributed by atoms with van der Waals surface area (Å²) in [7, 11) is 0. The Balaban J connectivity index is 1.59. The molecule has 3 saturated heterocycles. The smallest absolute Gasteiger partial charge is 0.326 e. The molecule has 41 heavy (non-hydrogen) atoms. The highest BCUT2D eigenvalue weighted by Gasteiger charge is 2.48. The van der Waals surface area contributed by atoms with Gasteiger partial charge in [-0.05, 0) is 12.8 Å². The molecule has 3 aliphatic rings. The van der Waals surface area contributed by atoms with E-state index in [4.69, 9.17) is 15.2 Å². The summed E-state index contributed by atoms with van der Waals surface area (Å²) in [4.78, 5) is 61.4. The van der Waals surface area contributed by atoms with Crippen LogP contribution in [0, 0.1) is 0 Å². The fourth-order valence-electron chi connectivity index (χ4n) is 4.83. The average molecular weight is 592 g/mol. The first-order valence-electron chi connectivity index (χ1n) is 13.1. The molecule has 0 bridgehead atoms. The first-order valence-corrected chi connectivity index (χ1v) is 13.1. The number of rotatable bonds is 12. The molecule has 11 N–H and O–H groups in total. The van der Waals surface area contributed by atoms with E-state index in [-0.39, 0.29) is 38.8 Å². The first-order chi connectivity index (χ1) is 19.3. The van der Waals surface area contributed by atoms with Crippen molar-refractivity contribution in [3.63, 3.8) is 0 Å². The van der Waals surface area contributed by atoms with Crippen LogP contribution in [0.3, 0.4) is 0 Å². The number of aliphatic hydroxyl groups excluding tert-OH is 6. The maximum absolute atomic E-state index is 13.0. The maximum atomic E-state index is 13.0. The van der Waals surface area contributed by atoms with E-state index in [1.54, 1.807) is 0 Å². The molecule has 0 aliphatic carbocycles. The maximum Gasteiger partial charge on any atom is 0.326 e. The normalized spacial score (nSPS) is 34.6. The summed E-state index contributed by atoms with van der Waals surface area (Å²) in [6, 6.07) is -2.04. The second kappa shape index (κ2) is 14.3. The van der Waals surface area contributed by atoms with Gasteiger partial charge >= 0.3 is 6.03 Å². The standard InChI is InChI=1S/C23H37N5O13/c24-13(30)3-1-2-9(26-15(32)6-10-16(33)19(36)18(35)12(8-29)40-10)21(38)25-7-11-17(34)20(37)22(41-11)28-5-4-14(31)27-23(28)39/h9-12,16-20,22,29,33-37H,1-8H2,(H2,24,30)(H,25,38)(H,26,32)(H,27,31,39)/t9-,10+,11?,12+,16-,17+,18-,19+,20+,22+/m0/s1. The summed E-state index contributed by atoms with van der Waals surface area (Å²) in [5.41, 5.74) is 5.15. The molecule has 3 heterocycles. The highest BCUT2D eigenvalue weighted by molar-refractivity contribution is 5.96. The minimum atomic E-state index is -1.69. The lowest BCUT2D eigenvalue weighted by Crippen LogP contribution is -2.59. The summed E-state index contributed by atoms with van der Waals surface area (Å²) in [6.45, 7) is -1.09. The number of nitrogens with two attached hydrogens (primary N) is 1. The predicted octanol–water partition coefficient (Wildman–Crippen LogP) is -6.14. The van der Waals surface area contributed by atoms with Gasteiger partial charge in [-0.15, -0.1) is 0 Å². The molecule has 0 saturated carbocycles. The van der Waals surface area contributed by atoms with Crippen LogP contribution < -0.4 is 21.7 Å². The topological polar surface area (TPSA) is 291 Å². The number of nitrogens with zero attached hydrogens (tertiary/aromatic N) is 1. The SMILES string of the molecule is NC(=O)CCC[C@H](NC(=O)C[C@H]1O[C@H](CO)[C@H](O)[C@H](O)[C@H]1O)C(=O)NCC1O[C@@H](N2CCC(=O)NC2=O)[C@H](O)[C@@H]1O. The van der Waals surface area contributed by atoms with E-state index in [0.29, 0.717) is 0 Å². The van der Waals surface area contributed by atoms with Crippen LogP contribution in [0.25, 0.3) is 0 Å². The van der Waals surface area contributed by atoms with E-state index < -0.39 is 104 Å². The highest BCUT2D eigenvalue weighted by Crippen LogP contribution is 2.26. The summed E-state index contributed by atoms with van der Waals surface area (Å²) in [6.07, 6.45) is -13.6. The Morgan fingerprint density at radius 3 is 2.27 bits per heavy atom. The molecule has 3 aliphatic heterocycles. The van der Waals surface area contributed by atoms with Crippen molar-refractivity contribution in [2.45, 2.75) is 93.2 Å². The van der Waals surface area contributed by atoms with Crippen molar-refractivity contribution < 1.29 is 64.1 Å². The van der Waals surface area contributed by atoms with Crippen molar-refractivity contribution in [3.8, 4) is 0 Å². The molecule has 10 atom stereocenters. The Labute approximate surface area is 233 Å². The van der Waals surface area contributed by atoms with Crippen LogP contribution in [0.5, 0.6) is 0 Å². The summed E-state index contributed by atoms with van der Waals surface area (Å²) in [5.74, 6) is -2.69. The lowest BCUT2D eigenvalue weighted by molar-refractivity contribution is -0.229. The number of urea groups is 1. The number of imide groups is 1. The van der Waals surface area contributed by atoms with Crippen molar-refractivity contribution in [1.29, 1.82) is 0 Å². The van der Waals surface area contributed by atoms with Gasteiger partial charge in [0.15, 0.2) is 6.23 Å². The molecule has 1 unspecified atom stereocenters. The van der Waals surface area contributed by atoms with Gasteiger partial charge in [0.05, 0.1) is 19.1 Å². The van der Waals surface area contributed by atoms with Crippen molar-refractivity contribution >= 4 is 29.7 Å². The molecule has 6 amide bonds. The molecular weight excluding hydrogens is 554 g/mol. The third-order valence-corrected chi connectivity index (χ3v) is 7.15. The lowest BCUT2D eigenvalue weighted by atomic mass is 9.93. The molecule has 232 valence electrons. The fraction of sp³-hybridized carbons (Fsp3) is 0.783. The minimum Gasteiger partial charge on any atom is -0.394 e. The molecule has 18 heteroatoms. The van der Waals surface area contributed by atoms with Crippen LogP contribution in [0.1, 0.15) is 32.1 Å². The van der Waals surface area contributed by atoms with Crippen LogP contribution in [-0.2, 0) is 28.7 Å². The number of carbonyl (C=O) groups is 5. The Morgan fingerprint density at radius 2 is 1.63 bits per heavy atom. The van der Waals surface area contributed by atoms with Gasteiger partial charge in [-0.25, -0.2) is 4.79 Å². The van der Waals surface area contributed by atoms with Gasteiger partial charge in [-0.1, -0.05) is 0 Å². The van der Waals surface area contributed by atoms with E-state index >= 15 is 0 Å². The quantitative estimate of drug-likeness (QED) is 0.101. The molecule has 3 fully saturated rings. The first kappa shape index (κ1) is 32.5. The number of ether oxygens (including phenoxy) is 2. The minimum absolute atomic E-state index is 0.0361. The number of hydrogen-bond donors (Lipinski definition) is 10.